The Hall–Kier alpha value is -3.15. The molecule has 4 aliphatic carbocycles. The van der Waals surface area contributed by atoms with Crippen LogP contribution in [0.5, 0.6) is 0 Å². The monoisotopic (exact) mass is 486 g/mol. The second-order valence-corrected chi connectivity index (χ2v) is 10.8. The number of allylic oxidation sites excluding steroid dienone is 5. The lowest BCUT2D eigenvalue weighted by Gasteiger charge is -2.56. The fraction of sp³-hybridized carbons (Fsp3) is 0.500. The van der Waals surface area contributed by atoms with E-state index >= 15 is 0 Å². The number of ether oxygens (including phenoxy) is 2. The van der Waals surface area contributed by atoms with Crippen LogP contribution >= 0.6 is 0 Å². The van der Waals surface area contributed by atoms with Crippen LogP contribution in [0.4, 0.5) is 5.82 Å². The van der Waals surface area contributed by atoms with E-state index in [1.165, 1.54) is 5.57 Å². The van der Waals surface area contributed by atoms with Gasteiger partial charge in [0, 0.05) is 23.3 Å². The number of nitrogens with two attached hydrogens (primary N) is 1. The minimum Gasteiger partial charge on any atom is -0.427 e. The van der Waals surface area contributed by atoms with E-state index in [1.54, 1.807) is 6.20 Å². The molecule has 188 valence electrons. The average Bonchev–Trinajstić information content (AvgIpc) is 3.35. The van der Waals surface area contributed by atoms with Crippen molar-refractivity contribution in [2.45, 2.75) is 71.6 Å². The number of carbonyl (C=O) groups is 2. The molecule has 36 heavy (non-hydrogen) atoms. The van der Waals surface area contributed by atoms with Gasteiger partial charge in [-0.2, -0.15) is 0 Å². The predicted molar refractivity (Wildman–Crippen MR) is 136 cm³/mol. The first-order valence-electron chi connectivity index (χ1n) is 13.5. The maximum absolute atomic E-state index is 13.6. The number of unbranched alkanes of at least 4 members (excludes halogenated alkanes) is 2. The molecule has 0 aromatic carbocycles. The third-order valence-corrected chi connectivity index (χ3v) is 8.95. The van der Waals surface area contributed by atoms with Gasteiger partial charge in [0.05, 0.1) is 11.0 Å². The Kier molecular flexibility index (Phi) is 5.66. The fourth-order valence-electron chi connectivity index (χ4n) is 7.66. The summed E-state index contributed by atoms with van der Waals surface area (Å²) in [6.45, 7) is 4.25. The van der Waals surface area contributed by atoms with Gasteiger partial charge in [-0.3, -0.25) is 0 Å². The lowest BCUT2D eigenvalue weighted by atomic mass is 9.44. The molecule has 7 rings (SSSR count). The van der Waals surface area contributed by atoms with Crippen molar-refractivity contribution in [2.24, 2.45) is 23.2 Å². The van der Waals surface area contributed by atoms with E-state index in [0.29, 0.717) is 12.2 Å². The van der Waals surface area contributed by atoms with E-state index in [1.807, 2.05) is 12.1 Å². The standard InChI is InChI=1S/C30H34N2O4/c1-3-5-7-22-20-10-9-19-18-11-13-30(26(19)25(20)28(33)35-22)23(8-6-4-2)36-29(34)27(30)21(18)15-17-12-14-32-24(31)16-17/h7-8,12,14,16,18-19,26H,3-6,9-11,13,15H2,1-2H3,(H2,31,32)/t18-,19+,26+,30-/m1/s1. The summed E-state index contributed by atoms with van der Waals surface area (Å²) in [5.74, 6) is 1.98. The third kappa shape index (κ3) is 3.26. The first-order chi connectivity index (χ1) is 17.5. The minimum absolute atomic E-state index is 0.0733. The van der Waals surface area contributed by atoms with Gasteiger partial charge in [0.2, 0.25) is 0 Å². The maximum atomic E-state index is 13.6. The van der Waals surface area contributed by atoms with Crippen LogP contribution < -0.4 is 5.73 Å². The zero-order valence-corrected chi connectivity index (χ0v) is 21.1. The number of rotatable bonds is 6. The van der Waals surface area contributed by atoms with Crippen molar-refractivity contribution in [1.82, 2.24) is 4.98 Å². The SMILES string of the molecule is CCCC=C1OC(=O)C2=C1CC[C@@H]1[C@@H]2[C@]23CC[C@H]1C(Cc1ccnc(N)c1)=C2C(=O)OC3=CCCC. The molecular weight excluding hydrogens is 452 g/mol. The molecular formula is C30H34N2O4. The molecule has 0 amide bonds. The summed E-state index contributed by atoms with van der Waals surface area (Å²) in [7, 11) is 0. The second kappa shape index (κ2) is 8.75. The molecule has 6 aliphatic rings. The normalized spacial score (nSPS) is 32.7. The fourth-order valence-corrected chi connectivity index (χ4v) is 7.66. The van der Waals surface area contributed by atoms with E-state index in [2.05, 4.69) is 31.0 Å². The molecule has 1 saturated carbocycles. The van der Waals surface area contributed by atoms with Gasteiger partial charge in [-0.05, 0) is 86.6 Å². The molecule has 2 bridgehead atoms. The molecule has 6 heteroatoms. The van der Waals surface area contributed by atoms with Crippen LogP contribution in [-0.4, -0.2) is 16.9 Å². The van der Waals surface area contributed by atoms with E-state index in [4.69, 9.17) is 15.2 Å². The molecule has 2 aliphatic heterocycles. The summed E-state index contributed by atoms with van der Waals surface area (Å²) in [6.07, 6.45) is 13.9. The molecule has 3 heterocycles. The van der Waals surface area contributed by atoms with Crippen LogP contribution in [-0.2, 0) is 25.5 Å². The van der Waals surface area contributed by atoms with Gasteiger partial charge in [-0.15, -0.1) is 0 Å². The number of aromatic nitrogens is 1. The Bertz CT molecular complexity index is 1270. The van der Waals surface area contributed by atoms with Gasteiger partial charge in [-0.25, -0.2) is 14.6 Å². The Morgan fingerprint density at radius 2 is 1.92 bits per heavy atom. The maximum Gasteiger partial charge on any atom is 0.340 e. The third-order valence-electron chi connectivity index (χ3n) is 8.95. The number of nitrogens with zero attached hydrogens (tertiary/aromatic N) is 1. The topological polar surface area (TPSA) is 91.5 Å². The van der Waals surface area contributed by atoms with Crippen molar-refractivity contribution in [1.29, 1.82) is 0 Å². The molecule has 6 nitrogen and oxygen atoms in total. The Morgan fingerprint density at radius 3 is 2.69 bits per heavy atom. The van der Waals surface area contributed by atoms with E-state index in [0.717, 1.165) is 85.2 Å². The zero-order valence-electron chi connectivity index (χ0n) is 21.1. The minimum atomic E-state index is -0.584. The first kappa shape index (κ1) is 23.3. The van der Waals surface area contributed by atoms with Crippen molar-refractivity contribution in [3.05, 3.63) is 69.9 Å². The lowest BCUT2D eigenvalue weighted by Crippen LogP contribution is -2.52. The molecule has 2 fully saturated rings. The Labute approximate surface area is 212 Å². The summed E-state index contributed by atoms with van der Waals surface area (Å²) >= 11 is 0. The van der Waals surface area contributed by atoms with Crippen molar-refractivity contribution in [3.63, 3.8) is 0 Å². The summed E-state index contributed by atoms with van der Waals surface area (Å²) in [6, 6.07) is 3.87. The number of carbonyl (C=O) groups excluding carboxylic acids is 2. The molecule has 0 unspecified atom stereocenters. The molecule has 1 spiro atoms. The quantitative estimate of drug-likeness (QED) is 0.517. The number of hydrogen-bond donors (Lipinski definition) is 1. The van der Waals surface area contributed by atoms with E-state index in [9.17, 15) is 9.59 Å². The van der Waals surface area contributed by atoms with Gasteiger partial charge in [0.1, 0.15) is 17.3 Å². The van der Waals surface area contributed by atoms with Crippen molar-refractivity contribution in [3.8, 4) is 0 Å². The molecule has 0 radical (unpaired) electrons. The second-order valence-electron chi connectivity index (χ2n) is 10.8. The van der Waals surface area contributed by atoms with Crippen LogP contribution in [0.15, 0.2) is 64.3 Å². The van der Waals surface area contributed by atoms with Gasteiger partial charge in [0.15, 0.2) is 0 Å². The van der Waals surface area contributed by atoms with Crippen molar-refractivity contribution >= 4 is 17.8 Å². The van der Waals surface area contributed by atoms with Crippen LogP contribution in [0.1, 0.15) is 70.8 Å². The number of nitrogen functional groups attached to an aromatic ring is 1. The number of cyclic esters (lactones) is 2. The van der Waals surface area contributed by atoms with Gasteiger partial charge in [-0.1, -0.05) is 32.3 Å². The average molecular weight is 487 g/mol. The van der Waals surface area contributed by atoms with Crippen LogP contribution in [0, 0.1) is 23.2 Å². The number of anilines is 1. The van der Waals surface area contributed by atoms with E-state index in [-0.39, 0.29) is 29.7 Å². The molecule has 2 N–H and O–H groups in total. The smallest absolute Gasteiger partial charge is 0.340 e. The molecule has 1 aromatic heterocycles. The van der Waals surface area contributed by atoms with Gasteiger partial charge < -0.3 is 15.2 Å². The van der Waals surface area contributed by atoms with Crippen LogP contribution in [0.3, 0.4) is 0 Å². The van der Waals surface area contributed by atoms with E-state index < -0.39 is 5.41 Å². The summed E-state index contributed by atoms with van der Waals surface area (Å²) in [5, 5.41) is 0. The zero-order chi connectivity index (χ0) is 25.0. The highest BCUT2D eigenvalue weighted by Gasteiger charge is 2.68. The molecule has 1 saturated heterocycles. The van der Waals surface area contributed by atoms with Crippen molar-refractivity contribution < 1.29 is 19.1 Å². The van der Waals surface area contributed by atoms with Crippen LogP contribution in [0.25, 0.3) is 0 Å². The summed E-state index contributed by atoms with van der Waals surface area (Å²) in [5.41, 5.74) is 10.3. The highest BCUT2D eigenvalue weighted by molar-refractivity contribution is 6.00. The number of fused-ring (bicyclic) bond motifs is 1. The lowest BCUT2D eigenvalue weighted by molar-refractivity contribution is -0.135. The molecule has 1 aromatic rings. The largest absolute Gasteiger partial charge is 0.427 e. The highest BCUT2D eigenvalue weighted by atomic mass is 16.5. The summed E-state index contributed by atoms with van der Waals surface area (Å²) < 4.78 is 11.9. The number of hydrogen-bond acceptors (Lipinski definition) is 6. The van der Waals surface area contributed by atoms with Crippen LogP contribution in [0.2, 0.25) is 0 Å². The summed E-state index contributed by atoms with van der Waals surface area (Å²) in [4.78, 5) is 31.1. The van der Waals surface area contributed by atoms with Crippen molar-refractivity contribution in [2.75, 3.05) is 5.73 Å². The highest BCUT2D eigenvalue weighted by Crippen LogP contribution is 2.70. The Balaban J connectivity index is 1.55. The number of pyridine rings is 1. The van der Waals surface area contributed by atoms with Gasteiger partial charge in [0.25, 0.3) is 0 Å². The van der Waals surface area contributed by atoms with Gasteiger partial charge >= 0.3 is 11.9 Å². The first-order valence-corrected chi connectivity index (χ1v) is 13.5. The Morgan fingerprint density at radius 1 is 1.11 bits per heavy atom. The predicted octanol–water partition coefficient (Wildman–Crippen LogP) is 5.72. The number of esters is 2. The molecule has 4 atom stereocenters.